The molecular weight excluding hydrogens is 284 g/mol. The van der Waals surface area contributed by atoms with Crippen LogP contribution in [0.15, 0.2) is 30.5 Å². The van der Waals surface area contributed by atoms with Crippen molar-refractivity contribution < 1.29 is 14.6 Å². The van der Waals surface area contributed by atoms with Crippen LogP contribution in [0.4, 0.5) is 5.69 Å². The molecular formula is C15H18N4O3. The molecule has 1 aliphatic heterocycles. The first-order valence-corrected chi connectivity index (χ1v) is 7.20. The standard InChI is InChI=1S/C15H18N4O3/c1-22-14-5-3-2-4-12(14)18-8-6-13(15(18)21)19-10-11(7-9-20)16-17-19/h2-5,10,13,20H,6-9H2,1H3. The van der Waals surface area contributed by atoms with Gasteiger partial charge in [-0.3, -0.25) is 4.79 Å². The lowest BCUT2D eigenvalue weighted by Crippen LogP contribution is -2.28. The molecule has 22 heavy (non-hydrogen) atoms. The van der Waals surface area contributed by atoms with Gasteiger partial charge in [0.15, 0.2) is 0 Å². The first kappa shape index (κ1) is 14.5. The number of rotatable bonds is 5. The van der Waals surface area contributed by atoms with E-state index >= 15 is 0 Å². The van der Waals surface area contributed by atoms with Crippen LogP contribution in [-0.2, 0) is 11.2 Å². The summed E-state index contributed by atoms with van der Waals surface area (Å²) in [7, 11) is 1.59. The highest BCUT2D eigenvalue weighted by Gasteiger charge is 2.35. The summed E-state index contributed by atoms with van der Waals surface area (Å²) in [6.45, 7) is 0.629. The van der Waals surface area contributed by atoms with E-state index in [1.54, 1.807) is 22.9 Å². The van der Waals surface area contributed by atoms with Crippen LogP contribution in [0.25, 0.3) is 0 Å². The van der Waals surface area contributed by atoms with E-state index in [1.165, 1.54) is 0 Å². The molecule has 0 aliphatic carbocycles. The average Bonchev–Trinajstić information content (AvgIpc) is 3.14. The Labute approximate surface area is 128 Å². The number of nitrogens with zero attached hydrogens (tertiary/aromatic N) is 4. The molecule has 3 rings (SSSR count). The lowest BCUT2D eigenvalue weighted by Gasteiger charge is -2.19. The van der Waals surface area contributed by atoms with Crippen LogP contribution in [0, 0.1) is 0 Å². The number of hydrogen-bond donors (Lipinski definition) is 1. The van der Waals surface area contributed by atoms with Gasteiger partial charge in [0, 0.05) is 25.8 Å². The maximum absolute atomic E-state index is 12.7. The van der Waals surface area contributed by atoms with Crippen LogP contribution >= 0.6 is 0 Å². The molecule has 1 atom stereocenters. The Morgan fingerprint density at radius 3 is 3.00 bits per heavy atom. The van der Waals surface area contributed by atoms with Gasteiger partial charge in [-0.05, 0) is 18.6 Å². The van der Waals surface area contributed by atoms with Crippen molar-refractivity contribution in [3.05, 3.63) is 36.2 Å². The van der Waals surface area contributed by atoms with Crippen molar-refractivity contribution in [2.24, 2.45) is 0 Å². The first-order valence-electron chi connectivity index (χ1n) is 7.20. The van der Waals surface area contributed by atoms with E-state index in [0.29, 0.717) is 30.8 Å². The number of benzene rings is 1. The van der Waals surface area contributed by atoms with Gasteiger partial charge in [0.05, 0.1) is 18.5 Å². The maximum Gasteiger partial charge on any atom is 0.252 e. The van der Waals surface area contributed by atoms with Crippen molar-refractivity contribution in [1.82, 2.24) is 15.0 Å². The van der Waals surface area contributed by atoms with E-state index < -0.39 is 0 Å². The van der Waals surface area contributed by atoms with Crippen LogP contribution in [0.2, 0.25) is 0 Å². The van der Waals surface area contributed by atoms with Crippen LogP contribution < -0.4 is 9.64 Å². The third-order valence-corrected chi connectivity index (χ3v) is 3.80. The normalized spacial score (nSPS) is 18.0. The van der Waals surface area contributed by atoms with Gasteiger partial charge < -0.3 is 14.7 Å². The molecule has 0 spiro atoms. The Morgan fingerprint density at radius 1 is 1.41 bits per heavy atom. The van der Waals surface area contributed by atoms with E-state index in [9.17, 15) is 4.79 Å². The van der Waals surface area contributed by atoms with Gasteiger partial charge in [0.1, 0.15) is 11.8 Å². The van der Waals surface area contributed by atoms with E-state index in [0.717, 1.165) is 5.69 Å². The third-order valence-electron chi connectivity index (χ3n) is 3.80. The molecule has 1 aliphatic rings. The van der Waals surface area contributed by atoms with E-state index in [-0.39, 0.29) is 18.6 Å². The number of carbonyl (C=O) groups is 1. The predicted molar refractivity (Wildman–Crippen MR) is 79.8 cm³/mol. The maximum atomic E-state index is 12.7. The summed E-state index contributed by atoms with van der Waals surface area (Å²) in [5.41, 5.74) is 1.46. The summed E-state index contributed by atoms with van der Waals surface area (Å²) in [5, 5.41) is 16.9. The Kier molecular flexibility index (Phi) is 4.06. The number of methoxy groups -OCH3 is 1. The molecule has 1 aromatic carbocycles. The highest BCUT2D eigenvalue weighted by molar-refractivity contribution is 5.99. The molecule has 2 aromatic rings. The molecule has 1 amide bonds. The van der Waals surface area contributed by atoms with Crippen molar-refractivity contribution in [2.45, 2.75) is 18.9 Å². The first-order chi connectivity index (χ1) is 10.7. The number of aliphatic hydroxyl groups excluding tert-OH is 1. The zero-order valence-electron chi connectivity index (χ0n) is 12.3. The summed E-state index contributed by atoms with van der Waals surface area (Å²) in [4.78, 5) is 14.4. The molecule has 0 saturated carbocycles. The second-order valence-electron chi connectivity index (χ2n) is 5.13. The number of aromatic nitrogens is 3. The summed E-state index contributed by atoms with van der Waals surface area (Å²) < 4.78 is 6.91. The van der Waals surface area contributed by atoms with E-state index in [1.807, 2.05) is 24.3 Å². The molecule has 7 nitrogen and oxygen atoms in total. The minimum Gasteiger partial charge on any atom is -0.495 e. The second-order valence-corrected chi connectivity index (χ2v) is 5.13. The average molecular weight is 302 g/mol. The topological polar surface area (TPSA) is 80.5 Å². The Morgan fingerprint density at radius 2 is 2.23 bits per heavy atom. The molecule has 1 unspecified atom stereocenters. The number of carbonyl (C=O) groups excluding carboxylic acids is 1. The Balaban J connectivity index is 1.82. The molecule has 1 N–H and O–H groups in total. The number of ether oxygens (including phenoxy) is 1. The van der Waals surface area contributed by atoms with Crippen LogP contribution in [0.1, 0.15) is 18.2 Å². The van der Waals surface area contributed by atoms with Crippen LogP contribution in [0.5, 0.6) is 5.75 Å². The minimum atomic E-state index is -0.357. The molecule has 1 saturated heterocycles. The van der Waals surface area contributed by atoms with Crippen molar-refractivity contribution in [1.29, 1.82) is 0 Å². The van der Waals surface area contributed by atoms with E-state index in [4.69, 9.17) is 9.84 Å². The van der Waals surface area contributed by atoms with Gasteiger partial charge in [0.2, 0.25) is 0 Å². The quantitative estimate of drug-likeness (QED) is 0.883. The largest absolute Gasteiger partial charge is 0.495 e. The lowest BCUT2D eigenvalue weighted by atomic mass is 10.2. The van der Waals surface area contributed by atoms with Gasteiger partial charge in [-0.15, -0.1) is 5.10 Å². The molecule has 2 heterocycles. The van der Waals surface area contributed by atoms with Gasteiger partial charge in [0.25, 0.3) is 5.91 Å². The highest BCUT2D eigenvalue weighted by Crippen LogP contribution is 2.34. The lowest BCUT2D eigenvalue weighted by molar-refractivity contribution is -0.120. The Bertz CT molecular complexity index is 670. The molecule has 0 radical (unpaired) electrons. The van der Waals surface area contributed by atoms with Crippen molar-refractivity contribution in [3.63, 3.8) is 0 Å². The molecule has 7 heteroatoms. The minimum absolute atomic E-state index is 0.0185. The van der Waals surface area contributed by atoms with Gasteiger partial charge in [-0.1, -0.05) is 17.3 Å². The predicted octanol–water partition coefficient (Wildman–Crippen LogP) is 0.799. The zero-order valence-corrected chi connectivity index (χ0v) is 12.3. The smallest absolute Gasteiger partial charge is 0.252 e. The SMILES string of the molecule is COc1ccccc1N1CCC(n2cc(CCO)nn2)C1=O. The number of para-hydroxylation sites is 2. The zero-order chi connectivity index (χ0) is 15.5. The fraction of sp³-hybridized carbons (Fsp3) is 0.400. The van der Waals surface area contributed by atoms with Gasteiger partial charge >= 0.3 is 0 Å². The summed E-state index contributed by atoms with van der Waals surface area (Å²) in [6.07, 6.45) is 2.83. The fourth-order valence-electron chi connectivity index (χ4n) is 2.70. The fourth-order valence-corrected chi connectivity index (χ4v) is 2.70. The second kappa shape index (κ2) is 6.15. The van der Waals surface area contributed by atoms with Crippen molar-refractivity contribution in [3.8, 4) is 5.75 Å². The Hall–Kier alpha value is -2.41. The molecule has 1 fully saturated rings. The molecule has 0 bridgehead atoms. The van der Waals surface area contributed by atoms with Crippen LogP contribution in [-0.4, -0.2) is 46.3 Å². The highest BCUT2D eigenvalue weighted by atomic mass is 16.5. The van der Waals surface area contributed by atoms with Gasteiger partial charge in [-0.2, -0.15) is 0 Å². The summed E-state index contributed by atoms with van der Waals surface area (Å²) >= 11 is 0. The summed E-state index contributed by atoms with van der Waals surface area (Å²) in [6, 6.07) is 7.11. The van der Waals surface area contributed by atoms with Crippen LogP contribution in [0.3, 0.4) is 0 Å². The molecule has 116 valence electrons. The monoisotopic (exact) mass is 302 g/mol. The number of hydrogen-bond acceptors (Lipinski definition) is 5. The van der Waals surface area contributed by atoms with E-state index in [2.05, 4.69) is 10.3 Å². The molecule has 1 aromatic heterocycles. The number of anilines is 1. The third kappa shape index (κ3) is 2.55. The van der Waals surface area contributed by atoms with Crippen molar-refractivity contribution >= 4 is 11.6 Å². The van der Waals surface area contributed by atoms with Crippen molar-refractivity contribution in [2.75, 3.05) is 25.2 Å². The number of amides is 1. The number of aliphatic hydroxyl groups is 1. The summed E-state index contributed by atoms with van der Waals surface area (Å²) in [5.74, 6) is 0.654. The van der Waals surface area contributed by atoms with Gasteiger partial charge in [-0.25, -0.2) is 4.68 Å².